The maximum absolute atomic E-state index is 13.0. The molecule has 1 heterocycles. The molecule has 216 valence electrons. The third kappa shape index (κ3) is 8.68. The van der Waals surface area contributed by atoms with Crippen LogP contribution < -0.4 is 4.74 Å². The fraction of sp³-hybridized carbons (Fsp3) is 0.438. The van der Waals surface area contributed by atoms with E-state index in [9.17, 15) is 18.0 Å². The number of alkyl halides is 3. The Kier molecular flexibility index (Phi) is 11.0. The van der Waals surface area contributed by atoms with Gasteiger partial charge < -0.3 is 9.47 Å². The first-order valence-electron chi connectivity index (χ1n) is 13.7. The van der Waals surface area contributed by atoms with Crippen LogP contribution in [0.3, 0.4) is 0 Å². The van der Waals surface area contributed by atoms with Crippen LogP contribution in [0.4, 0.5) is 13.2 Å². The molecule has 0 aliphatic rings. The minimum atomic E-state index is -4.36. The second-order valence-electron chi connectivity index (χ2n) is 10.2. The lowest BCUT2D eigenvalue weighted by Gasteiger charge is -2.25. The van der Waals surface area contributed by atoms with E-state index in [1.165, 1.54) is 29.9 Å². The number of aryl methyl sites for hydroxylation is 2. The molecule has 0 amide bonds. The van der Waals surface area contributed by atoms with E-state index in [1.54, 1.807) is 20.8 Å². The number of hydrogen-bond donors (Lipinski definition) is 0. The Morgan fingerprint density at radius 2 is 1.75 bits per heavy atom. The Hall–Kier alpha value is -3.13. The summed E-state index contributed by atoms with van der Waals surface area (Å²) in [4.78, 5) is 18.1. The van der Waals surface area contributed by atoms with Crippen molar-refractivity contribution in [1.29, 1.82) is 0 Å². The number of benzene rings is 2. The van der Waals surface area contributed by atoms with E-state index >= 15 is 0 Å². The van der Waals surface area contributed by atoms with Gasteiger partial charge in [0.1, 0.15) is 10.8 Å². The van der Waals surface area contributed by atoms with Gasteiger partial charge in [-0.2, -0.15) is 13.2 Å². The Bertz CT molecular complexity index is 1290. The summed E-state index contributed by atoms with van der Waals surface area (Å²) < 4.78 is 50.1. The lowest BCUT2D eigenvalue weighted by Crippen LogP contribution is -2.39. The van der Waals surface area contributed by atoms with E-state index in [0.29, 0.717) is 24.3 Å². The third-order valence-corrected chi connectivity index (χ3v) is 7.62. The number of halogens is 3. The van der Waals surface area contributed by atoms with E-state index in [0.717, 1.165) is 64.5 Å². The number of rotatable bonds is 13. The number of nitrogens with zero attached hydrogens (tertiary/aromatic N) is 1. The molecule has 0 saturated carbocycles. The molecule has 4 nitrogen and oxygen atoms in total. The van der Waals surface area contributed by atoms with Crippen molar-refractivity contribution in [2.75, 3.05) is 6.61 Å². The standard InChI is InChI=1S/C32H38F3NO3S/c1-6-8-9-10-13-26-28(40-29(36-26)24-16-18-25(19-17-24)32(33,34)35)14-11-12-23-15-20-27(22(3)21-23)39-31(4,5)30(37)38-7-2/h11-12,15-21H,6-10,13-14H2,1-5H3. The summed E-state index contributed by atoms with van der Waals surface area (Å²) >= 11 is 1.54. The molecule has 0 aliphatic carbocycles. The molecule has 0 bridgehead atoms. The van der Waals surface area contributed by atoms with Gasteiger partial charge in [0.05, 0.1) is 17.9 Å². The number of allylic oxidation sites excluding steroid dienone is 1. The molecule has 0 fully saturated rings. The van der Waals surface area contributed by atoms with Crippen LogP contribution in [0.5, 0.6) is 5.75 Å². The highest BCUT2D eigenvalue weighted by Gasteiger charge is 2.32. The molecule has 1 aromatic heterocycles. The summed E-state index contributed by atoms with van der Waals surface area (Å²) in [5.41, 5.74) is 1.85. The van der Waals surface area contributed by atoms with Gasteiger partial charge in [0.2, 0.25) is 0 Å². The van der Waals surface area contributed by atoms with E-state index in [4.69, 9.17) is 14.5 Å². The highest BCUT2D eigenvalue weighted by Crippen LogP contribution is 2.34. The summed E-state index contributed by atoms with van der Waals surface area (Å²) in [5, 5.41) is 0.740. The molecule has 40 heavy (non-hydrogen) atoms. The van der Waals surface area contributed by atoms with Gasteiger partial charge >= 0.3 is 12.1 Å². The maximum atomic E-state index is 13.0. The van der Waals surface area contributed by atoms with Crippen molar-refractivity contribution in [1.82, 2.24) is 4.98 Å². The van der Waals surface area contributed by atoms with Gasteiger partial charge in [-0.05, 0) is 75.9 Å². The quantitative estimate of drug-likeness (QED) is 0.151. The van der Waals surface area contributed by atoms with Gasteiger partial charge in [-0.1, -0.05) is 56.5 Å². The fourth-order valence-corrected chi connectivity index (χ4v) is 5.29. The van der Waals surface area contributed by atoms with Crippen LogP contribution in [0.2, 0.25) is 0 Å². The van der Waals surface area contributed by atoms with Gasteiger partial charge in [0, 0.05) is 16.9 Å². The molecule has 3 rings (SSSR count). The zero-order valence-electron chi connectivity index (χ0n) is 23.9. The Morgan fingerprint density at radius 1 is 1.02 bits per heavy atom. The summed E-state index contributed by atoms with van der Waals surface area (Å²) in [6, 6.07) is 11.0. The lowest BCUT2D eigenvalue weighted by molar-refractivity contribution is -0.158. The van der Waals surface area contributed by atoms with Crippen LogP contribution in [0.25, 0.3) is 16.6 Å². The molecule has 0 saturated heterocycles. The summed E-state index contributed by atoms with van der Waals surface area (Å²) in [6.45, 7) is 9.53. The van der Waals surface area contributed by atoms with Crippen molar-refractivity contribution >= 4 is 23.4 Å². The highest BCUT2D eigenvalue weighted by atomic mass is 32.1. The zero-order valence-corrected chi connectivity index (χ0v) is 24.7. The lowest BCUT2D eigenvalue weighted by atomic mass is 10.1. The smallest absolute Gasteiger partial charge is 0.416 e. The van der Waals surface area contributed by atoms with Gasteiger partial charge in [-0.15, -0.1) is 11.3 Å². The van der Waals surface area contributed by atoms with Crippen LogP contribution in [-0.4, -0.2) is 23.2 Å². The second-order valence-corrected chi connectivity index (χ2v) is 11.3. The first kappa shape index (κ1) is 31.4. The van der Waals surface area contributed by atoms with Crippen molar-refractivity contribution < 1.29 is 27.4 Å². The predicted molar refractivity (Wildman–Crippen MR) is 156 cm³/mol. The monoisotopic (exact) mass is 573 g/mol. The van der Waals surface area contributed by atoms with Crippen LogP contribution in [0.1, 0.15) is 80.6 Å². The molecule has 0 atom stereocenters. The number of thiazole rings is 1. The third-order valence-electron chi connectivity index (χ3n) is 6.45. The second kappa shape index (κ2) is 14.0. The largest absolute Gasteiger partial charge is 0.476 e. The van der Waals surface area contributed by atoms with E-state index < -0.39 is 23.3 Å². The topological polar surface area (TPSA) is 48.4 Å². The number of esters is 1. The number of ether oxygens (including phenoxy) is 2. The van der Waals surface area contributed by atoms with Crippen molar-refractivity contribution in [3.8, 4) is 16.3 Å². The molecule has 8 heteroatoms. The minimum absolute atomic E-state index is 0.292. The molecule has 3 aromatic rings. The summed E-state index contributed by atoms with van der Waals surface area (Å²) in [7, 11) is 0. The van der Waals surface area contributed by atoms with Crippen molar-refractivity contribution in [2.45, 2.75) is 84.9 Å². The van der Waals surface area contributed by atoms with E-state index in [1.807, 2.05) is 31.2 Å². The highest BCUT2D eigenvalue weighted by molar-refractivity contribution is 7.15. The molecular weight excluding hydrogens is 535 g/mol. The molecule has 0 N–H and O–H groups in total. The maximum Gasteiger partial charge on any atom is 0.416 e. The summed E-state index contributed by atoms with van der Waals surface area (Å²) in [6.07, 6.45) is 5.75. The Morgan fingerprint density at radius 3 is 2.38 bits per heavy atom. The van der Waals surface area contributed by atoms with Crippen molar-refractivity contribution in [3.63, 3.8) is 0 Å². The fourth-order valence-electron chi connectivity index (χ4n) is 4.20. The van der Waals surface area contributed by atoms with Crippen LogP contribution >= 0.6 is 11.3 Å². The minimum Gasteiger partial charge on any atom is -0.476 e. The molecule has 0 radical (unpaired) electrons. The molecule has 0 spiro atoms. The van der Waals surface area contributed by atoms with E-state index in [-0.39, 0.29) is 0 Å². The Balaban J connectivity index is 1.75. The van der Waals surface area contributed by atoms with Gasteiger partial charge in [-0.3, -0.25) is 0 Å². The Labute approximate surface area is 239 Å². The molecule has 0 aliphatic heterocycles. The van der Waals surface area contributed by atoms with Crippen molar-refractivity contribution in [2.24, 2.45) is 0 Å². The number of unbranched alkanes of at least 4 members (excludes halogenated alkanes) is 3. The molecular formula is C32H38F3NO3S. The SMILES string of the molecule is CCCCCCc1nc(-c2ccc(C(F)(F)F)cc2)sc1CC=Cc1ccc(OC(C)(C)C(=O)OCC)c(C)c1. The number of aromatic nitrogens is 1. The van der Waals surface area contributed by atoms with Gasteiger partial charge in [0.25, 0.3) is 0 Å². The van der Waals surface area contributed by atoms with Crippen molar-refractivity contribution in [3.05, 3.63) is 75.8 Å². The van der Waals surface area contributed by atoms with Gasteiger partial charge in [-0.25, -0.2) is 9.78 Å². The summed E-state index contributed by atoms with van der Waals surface area (Å²) in [5.74, 6) is 0.206. The number of hydrogen-bond acceptors (Lipinski definition) is 5. The van der Waals surface area contributed by atoms with Gasteiger partial charge in [0.15, 0.2) is 5.60 Å². The normalized spacial score (nSPS) is 12.2. The average molecular weight is 574 g/mol. The first-order chi connectivity index (χ1) is 18.9. The first-order valence-corrected chi connectivity index (χ1v) is 14.6. The molecule has 0 unspecified atom stereocenters. The number of carbonyl (C=O) groups is 1. The van der Waals surface area contributed by atoms with Crippen LogP contribution in [-0.2, 0) is 28.5 Å². The average Bonchev–Trinajstić information content (AvgIpc) is 3.30. The van der Waals surface area contributed by atoms with E-state index in [2.05, 4.69) is 13.0 Å². The van der Waals surface area contributed by atoms with Crippen LogP contribution in [0, 0.1) is 6.92 Å². The van der Waals surface area contributed by atoms with Crippen LogP contribution in [0.15, 0.2) is 48.5 Å². The number of carbonyl (C=O) groups excluding carboxylic acids is 1. The predicted octanol–water partition coefficient (Wildman–Crippen LogP) is 9.24. The zero-order chi connectivity index (χ0) is 29.3. The molecule has 2 aromatic carbocycles.